The highest BCUT2D eigenvalue weighted by Crippen LogP contribution is 2.57. The average molecular weight is 1220 g/mol. The van der Waals surface area contributed by atoms with E-state index < -0.39 is 118 Å². The van der Waals surface area contributed by atoms with Gasteiger partial charge in [0.25, 0.3) is 11.8 Å². The maximum absolute atomic E-state index is 14.3. The Morgan fingerprint density at radius 2 is 1.12 bits per heavy atom. The van der Waals surface area contributed by atoms with Crippen LogP contribution in [0.4, 0.5) is 28.9 Å². The summed E-state index contributed by atoms with van der Waals surface area (Å²) in [5.74, 6) is -9.28. The smallest absolute Gasteiger partial charge is 0.255 e. The van der Waals surface area contributed by atoms with Crippen LogP contribution < -0.4 is 10.6 Å². The number of aromatic nitrogens is 5. The van der Waals surface area contributed by atoms with Crippen molar-refractivity contribution in [2.45, 2.75) is 101 Å². The molecule has 4 aliphatic carbocycles. The lowest BCUT2D eigenvalue weighted by Crippen LogP contribution is -2.57. The number of anilines is 2. The van der Waals surface area contributed by atoms with Crippen LogP contribution in [0.15, 0.2) is 125 Å². The fourth-order valence-electron chi connectivity index (χ4n) is 12.8. The molecule has 4 fully saturated rings. The van der Waals surface area contributed by atoms with Gasteiger partial charge < -0.3 is 36.2 Å². The summed E-state index contributed by atoms with van der Waals surface area (Å²) < 4.78 is 113. The molecular formula is C57H51Cl2F4N7O11S2. The molecule has 0 saturated heterocycles. The molecule has 4 bridgehead atoms. The summed E-state index contributed by atoms with van der Waals surface area (Å²) in [5, 5.41) is 66.8. The van der Waals surface area contributed by atoms with E-state index in [9.17, 15) is 69.5 Å². The number of carbonyl (C=O) groups excluding carboxylic acids is 2. The maximum atomic E-state index is 14.3. The fourth-order valence-corrected chi connectivity index (χ4v) is 17.6. The van der Waals surface area contributed by atoms with Crippen molar-refractivity contribution in [1.82, 2.24) is 24.7 Å². The van der Waals surface area contributed by atoms with E-state index in [4.69, 9.17) is 23.2 Å². The van der Waals surface area contributed by atoms with Crippen LogP contribution >= 0.6 is 23.2 Å². The van der Waals surface area contributed by atoms with Gasteiger partial charge in [-0.15, -0.1) is 0 Å². The van der Waals surface area contributed by atoms with Crippen LogP contribution in [0, 0.1) is 46.9 Å². The highest BCUT2D eigenvalue weighted by atomic mass is 35.5. The zero-order valence-electron chi connectivity index (χ0n) is 43.3. The minimum atomic E-state index is -4.28. The van der Waals surface area contributed by atoms with Gasteiger partial charge in [0, 0.05) is 52.6 Å². The predicted molar refractivity (Wildman–Crippen MR) is 293 cm³/mol. The van der Waals surface area contributed by atoms with E-state index in [1.54, 1.807) is 24.4 Å². The van der Waals surface area contributed by atoms with Crippen molar-refractivity contribution < 1.29 is 69.5 Å². The number of sulfone groups is 2. The molecule has 4 aromatic carbocycles. The molecule has 7 atom stereocenters. The molecular weight excluding hydrogens is 1170 g/mol. The highest BCUT2D eigenvalue weighted by molar-refractivity contribution is 7.92. The van der Waals surface area contributed by atoms with Crippen molar-refractivity contribution in [2.24, 2.45) is 23.7 Å². The lowest BCUT2D eigenvalue weighted by Gasteiger charge is -2.46. The van der Waals surface area contributed by atoms with Gasteiger partial charge in [0.1, 0.15) is 23.9 Å². The van der Waals surface area contributed by atoms with Crippen molar-refractivity contribution in [3.8, 4) is 17.1 Å². The summed E-state index contributed by atoms with van der Waals surface area (Å²) in [7, 11) is -8.53. The van der Waals surface area contributed by atoms with Crippen molar-refractivity contribution in [3.63, 3.8) is 0 Å². The molecule has 434 valence electrons. The second-order valence-electron chi connectivity index (χ2n) is 21.6. The second kappa shape index (κ2) is 22.0. The zero-order chi connectivity index (χ0) is 59.1. The van der Waals surface area contributed by atoms with Crippen LogP contribution in [0.1, 0.15) is 95.8 Å². The lowest BCUT2D eigenvalue weighted by molar-refractivity contribution is -0.178. The number of rotatable bonds is 15. The number of aliphatic hydroxyl groups excluding tert-OH is 3. The first-order chi connectivity index (χ1) is 39.4. The average Bonchev–Trinajstić information content (AvgIpc) is 3.00. The molecule has 11 rings (SSSR count). The Morgan fingerprint density at radius 1 is 0.627 bits per heavy atom. The van der Waals surface area contributed by atoms with Crippen LogP contribution in [0.3, 0.4) is 0 Å². The van der Waals surface area contributed by atoms with Crippen LogP contribution in [-0.4, -0.2) is 107 Å². The fraction of sp³-hybridized carbons (Fsp3) is 0.333. The quantitative estimate of drug-likeness (QED) is 0.0475. The summed E-state index contributed by atoms with van der Waals surface area (Å²) in [6, 6.07) is 18.8. The number of nitrogens with one attached hydrogen (secondary N) is 2. The number of amides is 2. The lowest BCUT2D eigenvalue weighted by atomic mass is 9.69. The molecule has 26 heteroatoms. The van der Waals surface area contributed by atoms with E-state index in [0.717, 1.165) is 48.5 Å². The third-order valence-electron chi connectivity index (χ3n) is 17.1. The van der Waals surface area contributed by atoms with Gasteiger partial charge >= 0.3 is 0 Å². The summed E-state index contributed by atoms with van der Waals surface area (Å²) in [4.78, 5) is 39.0. The third kappa shape index (κ3) is 10.5. The Balaban J connectivity index is 0.749. The van der Waals surface area contributed by atoms with Crippen molar-refractivity contribution >= 4 is 66.1 Å². The molecule has 3 heterocycles. The molecule has 4 saturated carbocycles. The Morgan fingerprint density at radius 3 is 1.61 bits per heavy atom. The normalized spacial score (nSPS) is 25.1. The largest absolute Gasteiger partial charge is 0.387 e. The summed E-state index contributed by atoms with van der Waals surface area (Å²) in [5.41, 5.74) is -3.52. The van der Waals surface area contributed by atoms with Gasteiger partial charge in [-0.05, 0) is 154 Å². The van der Waals surface area contributed by atoms with Crippen LogP contribution in [0.5, 0.6) is 0 Å². The van der Waals surface area contributed by atoms with Gasteiger partial charge in [0.15, 0.2) is 54.6 Å². The Bertz CT molecular complexity index is 3950. The number of carbonyl (C=O) groups is 2. The van der Waals surface area contributed by atoms with Crippen molar-refractivity contribution in [2.75, 3.05) is 10.6 Å². The molecule has 4 aliphatic rings. The van der Waals surface area contributed by atoms with E-state index in [1.165, 1.54) is 47.4 Å². The molecule has 7 aromatic rings. The standard InChI is InChI=1S/C57H51Cl2F4N7O11S2/c58-39-12-4-28(54(74)66-35-10-14-41(60)43(62)24-35)18-47(39)82(78,79)37-20-31-6-7-32(21-37)56(31,76)51(72)50(71)46-2-1-3-49(68-46)70-27-30(26-65-70)45-16-17-64-53(69-45)52(73)57(77)33-8-9-34(57)23-38(22-33)83(80,81)48-19-29(5-13-40(48)59)55(75)67-36-11-15-42(61)44(63)25-36/h1-5,10-19,24-27,31-34,37-38,50-52,71-73,76-77H,6-9,20-23H2,(H,66,74)(H,67,75). The van der Waals surface area contributed by atoms with Gasteiger partial charge in [-0.1, -0.05) is 29.3 Å². The van der Waals surface area contributed by atoms with Crippen molar-refractivity contribution in [3.05, 3.63) is 172 Å². The number of hydrogen-bond donors (Lipinski definition) is 7. The number of halogens is 6. The Hall–Kier alpha value is -6.74. The van der Waals surface area contributed by atoms with Crippen LogP contribution in [0.2, 0.25) is 10.0 Å². The summed E-state index contributed by atoms with van der Waals surface area (Å²) in [6.07, 6.45) is 0.0989. The van der Waals surface area contributed by atoms with Gasteiger partial charge in [-0.3, -0.25) is 9.59 Å². The van der Waals surface area contributed by atoms with Gasteiger partial charge in [-0.2, -0.15) is 5.10 Å². The molecule has 0 aliphatic heterocycles. The highest BCUT2D eigenvalue weighted by Gasteiger charge is 2.62. The van der Waals surface area contributed by atoms with E-state index in [2.05, 4.69) is 30.7 Å². The van der Waals surface area contributed by atoms with Crippen LogP contribution in [0.25, 0.3) is 17.1 Å². The first-order valence-electron chi connectivity index (χ1n) is 26.3. The maximum Gasteiger partial charge on any atom is 0.255 e. The number of aliphatic hydroxyl groups is 5. The zero-order valence-corrected chi connectivity index (χ0v) is 46.5. The van der Waals surface area contributed by atoms with E-state index in [-0.39, 0.29) is 91.1 Å². The van der Waals surface area contributed by atoms with Crippen molar-refractivity contribution in [1.29, 1.82) is 0 Å². The molecule has 0 radical (unpaired) electrons. The number of hydrogen-bond acceptors (Lipinski definition) is 15. The second-order valence-corrected chi connectivity index (χ2v) is 26.8. The summed E-state index contributed by atoms with van der Waals surface area (Å²) >= 11 is 12.8. The minimum absolute atomic E-state index is 0.0425. The molecule has 2 amide bonds. The van der Waals surface area contributed by atoms with Gasteiger partial charge in [-0.25, -0.2) is 54.0 Å². The first kappa shape index (κ1) is 58.1. The number of nitrogens with zero attached hydrogens (tertiary/aromatic N) is 5. The first-order valence-corrected chi connectivity index (χ1v) is 30.2. The number of fused-ring (bicyclic) bond motifs is 4. The Labute approximate surface area is 482 Å². The molecule has 7 unspecified atom stereocenters. The number of pyridine rings is 1. The van der Waals surface area contributed by atoms with Crippen LogP contribution in [-0.2, 0) is 19.7 Å². The molecule has 83 heavy (non-hydrogen) atoms. The SMILES string of the molecule is O=C(Nc1ccc(F)c(F)c1)c1ccc(Cl)c(S(=O)(=O)C2CC3CCC(C2)C3(O)C(O)c2nccc(-c3cnn(-c4cccc(C(O)C(O)C5(O)C6CCC5CC(S(=O)(=O)c5cc(C(=O)Nc7ccc(F)c(F)c7)ccc5Cl)C6)n4)c3)n2)c1. The van der Waals surface area contributed by atoms with Gasteiger partial charge in [0.2, 0.25) is 0 Å². The molecule has 0 spiro atoms. The summed E-state index contributed by atoms with van der Waals surface area (Å²) in [6.45, 7) is 0. The predicted octanol–water partition coefficient (Wildman–Crippen LogP) is 8.31. The minimum Gasteiger partial charge on any atom is -0.387 e. The van der Waals surface area contributed by atoms with E-state index in [1.807, 2.05) is 0 Å². The topological polar surface area (TPSA) is 284 Å². The number of benzene rings is 4. The van der Waals surface area contributed by atoms with Gasteiger partial charge in [0.05, 0.1) is 53.5 Å². The van der Waals surface area contributed by atoms with E-state index in [0.29, 0.717) is 31.2 Å². The monoisotopic (exact) mass is 1220 g/mol. The Kier molecular flexibility index (Phi) is 15.4. The molecule has 3 aromatic heterocycles. The van der Waals surface area contributed by atoms with E-state index >= 15 is 0 Å². The molecule has 18 nitrogen and oxygen atoms in total. The molecule has 7 N–H and O–H groups in total. The third-order valence-corrected chi connectivity index (χ3v) is 22.4.